The summed E-state index contributed by atoms with van der Waals surface area (Å²) in [5.41, 5.74) is 8.37. The van der Waals surface area contributed by atoms with Crippen LogP contribution in [0.4, 0.5) is 5.69 Å². The Labute approximate surface area is 92.3 Å². The lowest BCUT2D eigenvalue weighted by Crippen LogP contribution is -1.84. The fraction of sp³-hybridized carbons (Fsp3) is 0.273. The van der Waals surface area contributed by atoms with E-state index in [9.17, 15) is 0 Å². The van der Waals surface area contributed by atoms with Crippen LogP contribution < -0.4 is 5.73 Å². The first kappa shape index (κ1) is 9.87. The Morgan fingerprint density at radius 1 is 1.43 bits per heavy atom. The fourth-order valence-electron chi connectivity index (χ4n) is 1.51. The lowest BCUT2D eigenvalue weighted by Gasteiger charge is -1.97. The lowest BCUT2D eigenvalue weighted by molar-refractivity contribution is 1.15. The minimum Gasteiger partial charge on any atom is -0.397 e. The highest BCUT2D eigenvalue weighted by atomic mass is 32.2. The maximum absolute atomic E-state index is 6.06. The van der Waals surface area contributed by atoms with Crippen molar-refractivity contribution in [3.63, 3.8) is 0 Å². The number of aryl methyl sites for hydroxylation is 1. The van der Waals surface area contributed by atoms with Crippen LogP contribution in [0.1, 0.15) is 12.5 Å². The van der Waals surface area contributed by atoms with Gasteiger partial charge in [0, 0.05) is 10.1 Å². The van der Waals surface area contributed by atoms with E-state index in [0.29, 0.717) is 0 Å². The Hall–Kier alpha value is -0.670. The number of nitrogen functional groups attached to an aromatic ring is 1. The smallest absolute Gasteiger partial charge is 0.0838 e. The molecule has 0 spiro atoms. The molecule has 1 heterocycles. The summed E-state index contributed by atoms with van der Waals surface area (Å²) in [6.07, 6.45) is 3.14. The molecule has 1 aromatic carbocycles. The summed E-state index contributed by atoms with van der Waals surface area (Å²) in [7, 11) is 0. The second-order valence-electron chi connectivity index (χ2n) is 3.19. The first-order valence-corrected chi connectivity index (χ1v) is 6.65. The maximum atomic E-state index is 6.06. The molecule has 0 aliphatic rings. The molecule has 3 heteroatoms. The van der Waals surface area contributed by atoms with Crippen LogP contribution in [-0.2, 0) is 6.42 Å². The number of fused-ring (bicyclic) bond motifs is 1. The molecule has 2 N–H and O–H groups in total. The van der Waals surface area contributed by atoms with Gasteiger partial charge in [0.2, 0.25) is 0 Å². The molecule has 0 fully saturated rings. The molecule has 0 amide bonds. The minimum absolute atomic E-state index is 0.952. The van der Waals surface area contributed by atoms with E-state index in [1.54, 1.807) is 23.1 Å². The molecule has 0 aliphatic carbocycles. The molecular weight excluding hydrogens is 210 g/mol. The van der Waals surface area contributed by atoms with Gasteiger partial charge in [-0.25, -0.2) is 0 Å². The lowest BCUT2D eigenvalue weighted by atomic mass is 10.1. The van der Waals surface area contributed by atoms with E-state index in [2.05, 4.69) is 31.4 Å². The van der Waals surface area contributed by atoms with Crippen LogP contribution in [0.25, 0.3) is 10.1 Å². The number of anilines is 1. The minimum atomic E-state index is 0.952. The summed E-state index contributed by atoms with van der Waals surface area (Å²) in [5, 5.41) is 1.22. The maximum Gasteiger partial charge on any atom is 0.0838 e. The highest BCUT2D eigenvalue weighted by molar-refractivity contribution is 8.00. The van der Waals surface area contributed by atoms with Crippen molar-refractivity contribution in [2.75, 3.05) is 12.0 Å². The van der Waals surface area contributed by atoms with Crippen molar-refractivity contribution in [3.8, 4) is 0 Å². The predicted octanol–water partition coefficient (Wildman–Crippen LogP) is 3.77. The SMILES string of the molecule is CCc1ccc2sc(SC)c(N)c2c1. The average molecular weight is 223 g/mol. The van der Waals surface area contributed by atoms with Crippen LogP contribution >= 0.6 is 23.1 Å². The monoisotopic (exact) mass is 223 g/mol. The Morgan fingerprint density at radius 2 is 2.21 bits per heavy atom. The third kappa shape index (κ3) is 1.51. The Bertz CT molecular complexity index is 460. The molecule has 1 aromatic heterocycles. The Morgan fingerprint density at radius 3 is 2.86 bits per heavy atom. The Kier molecular flexibility index (Phi) is 2.70. The topological polar surface area (TPSA) is 26.0 Å². The van der Waals surface area contributed by atoms with Crippen molar-refractivity contribution in [2.24, 2.45) is 0 Å². The molecule has 14 heavy (non-hydrogen) atoms. The number of hydrogen-bond acceptors (Lipinski definition) is 3. The second-order valence-corrected chi connectivity index (χ2v) is 5.32. The molecule has 2 rings (SSSR count). The van der Waals surface area contributed by atoms with E-state index in [0.717, 1.165) is 12.1 Å². The largest absolute Gasteiger partial charge is 0.397 e. The van der Waals surface area contributed by atoms with Gasteiger partial charge in [0.25, 0.3) is 0 Å². The van der Waals surface area contributed by atoms with E-state index in [1.807, 2.05) is 0 Å². The molecule has 0 aliphatic heterocycles. The third-order valence-electron chi connectivity index (χ3n) is 2.35. The van der Waals surface area contributed by atoms with Gasteiger partial charge in [0.15, 0.2) is 0 Å². The first-order chi connectivity index (χ1) is 6.76. The van der Waals surface area contributed by atoms with Gasteiger partial charge in [-0.2, -0.15) is 0 Å². The predicted molar refractivity (Wildman–Crippen MR) is 67.4 cm³/mol. The number of thiophene rings is 1. The molecule has 0 unspecified atom stereocenters. The molecule has 0 bridgehead atoms. The van der Waals surface area contributed by atoms with E-state index in [4.69, 9.17) is 5.73 Å². The molecule has 0 atom stereocenters. The Balaban J connectivity index is 2.68. The summed E-state index contributed by atoms with van der Waals surface area (Å²) in [6.45, 7) is 2.17. The van der Waals surface area contributed by atoms with Crippen LogP contribution in [0.2, 0.25) is 0 Å². The third-order valence-corrected chi connectivity index (χ3v) is 4.67. The zero-order valence-electron chi connectivity index (χ0n) is 8.33. The fourth-order valence-corrected chi connectivity index (χ4v) is 3.28. The van der Waals surface area contributed by atoms with Gasteiger partial charge in [-0.15, -0.1) is 23.1 Å². The quantitative estimate of drug-likeness (QED) is 0.784. The number of rotatable bonds is 2. The van der Waals surface area contributed by atoms with Crippen molar-refractivity contribution in [1.82, 2.24) is 0 Å². The number of hydrogen-bond donors (Lipinski definition) is 1. The van der Waals surface area contributed by atoms with Crippen molar-refractivity contribution in [3.05, 3.63) is 23.8 Å². The van der Waals surface area contributed by atoms with Crippen molar-refractivity contribution >= 4 is 38.9 Å². The summed E-state index contributed by atoms with van der Waals surface area (Å²) < 4.78 is 2.53. The summed E-state index contributed by atoms with van der Waals surface area (Å²) in [6, 6.07) is 6.57. The van der Waals surface area contributed by atoms with Crippen LogP contribution in [0.15, 0.2) is 22.4 Å². The van der Waals surface area contributed by atoms with E-state index in [-0.39, 0.29) is 0 Å². The molecule has 0 saturated carbocycles. The van der Waals surface area contributed by atoms with Gasteiger partial charge >= 0.3 is 0 Å². The van der Waals surface area contributed by atoms with Crippen LogP contribution in [-0.4, -0.2) is 6.26 Å². The van der Waals surface area contributed by atoms with Crippen LogP contribution in [0, 0.1) is 0 Å². The normalized spacial score (nSPS) is 11.0. The summed E-state index contributed by atoms with van der Waals surface area (Å²) in [4.78, 5) is 0. The van der Waals surface area contributed by atoms with Gasteiger partial charge in [-0.1, -0.05) is 13.0 Å². The number of nitrogens with two attached hydrogens (primary N) is 1. The average Bonchev–Trinajstić information content (AvgIpc) is 2.55. The standard InChI is InChI=1S/C11H13NS2/c1-3-7-4-5-9-8(6-7)10(12)11(13-2)14-9/h4-6H,3,12H2,1-2H3. The van der Waals surface area contributed by atoms with Gasteiger partial charge < -0.3 is 5.73 Å². The van der Waals surface area contributed by atoms with Crippen LogP contribution in [0.3, 0.4) is 0 Å². The van der Waals surface area contributed by atoms with Crippen molar-refractivity contribution < 1.29 is 0 Å². The van der Waals surface area contributed by atoms with Crippen molar-refractivity contribution in [1.29, 1.82) is 0 Å². The van der Waals surface area contributed by atoms with Crippen molar-refractivity contribution in [2.45, 2.75) is 17.6 Å². The second kappa shape index (κ2) is 3.83. The van der Waals surface area contributed by atoms with E-state index in [1.165, 1.54) is 19.9 Å². The summed E-state index contributed by atoms with van der Waals surface area (Å²) >= 11 is 3.51. The van der Waals surface area contributed by atoms with Gasteiger partial charge in [0.1, 0.15) is 0 Å². The number of benzene rings is 1. The first-order valence-electron chi connectivity index (χ1n) is 4.61. The molecule has 0 saturated heterocycles. The molecule has 0 radical (unpaired) electrons. The van der Waals surface area contributed by atoms with Gasteiger partial charge in [-0.05, 0) is 30.4 Å². The molecule has 2 aromatic rings. The highest BCUT2D eigenvalue weighted by Crippen LogP contribution is 2.39. The molecular formula is C11H13NS2. The van der Waals surface area contributed by atoms with Crippen LogP contribution in [0.5, 0.6) is 0 Å². The zero-order chi connectivity index (χ0) is 10.1. The van der Waals surface area contributed by atoms with Gasteiger partial charge in [0.05, 0.1) is 9.90 Å². The summed E-state index contributed by atoms with van der Waals surface area (Å²) in [5.74, 6) is 0. The van der Waals surface area contributed by atoms with Gasteiger partial charge in [-0.3, -0.25) is 0 Å². The van der Waals surface area contributed by atoms with E-state index < -0.39 is 0 Å². The molecule has 1 nitrogen and oxygen atoms in total. The molecule has 74 valence electrons. The highest BCUT2D eigenvalue weighted by Gasteiger charge is 2.08. The number of thioether (sulfide) groups is 1. The van der Waals surface area contributed by atoms with E-state index >= 15 is 0 Å². The zero-order valence-corrected chi connectivity index (χ0v) is 9.97.